The Hall–Kier alpha value is -2.68. The third-order valence-corrected chi connectivity index (χ3v) is 5.99. The number of nitrogens with one attached hydrogen (secondary N) is 1. The van der Waals surface area contributed by atoms with Gasteiger partial charge in [0.25, 0.3) is 5.91 Å². The van der Waals surface area contributed by atoms with Crippen LogP contribution in [0.5, 0.6) is 0 Å². The molecule has 0 radical (unpaired) electrons. The second-order valence-corrected chi connectivity index (χ2v) is 8.21. The first kappa shape index (κ1) is 21.0. The number of amides is 1. The van der Waals surface area contributed by atoms with E-state index in [-0.39, 0.29) is 12.2 Å². The summed E-state index contributed by atoms with van der Waals surface area (Å²) >= 11 is 1.39. The van der Waals surface area contributed by atoms with Gasteiger partial charge < -0.3 is 19.3 Å². The van der Waals surface area contributed by atoms with Gasteiger partial charge in [0, 0.05) is 4.88 Å². The van der Waals surface area contributed by atoms with E-state index in [4.69, 9.17) is 14.0 Å². The van der Waals surface area contributed by atoms with Crippen LogP contribution in [0.4, 0.5) is 5.00 Å². The molecule has 3 rings (SSSR count). The lowest BCUT2D eigenvalue weighted by Crippen LogP contribution is -2.22. The Bertz CT molecular complexity index is 926. The summed E-state index contributed by atoms with van der Waals surface area (Å²) in [6.07, 6.45) is 2.62. The van der Waals surface area contributed by atoms with Crippen LogP contribution in [0.1, 0.15) is 62.9 Å². The molecule has 0 aliphatic heterocycles. The van der Waals surface area contributed by atoms with Gasteiger partial charge in [-0.1, -0.05) is 12.1 Å². The number of rotatable bonds is 6. The number of esters is 2. The molecule has 29 heavy (non-hydrogen) atoms. The van der Waals surface area contributed by atoms with Crippen molar-refractivity contribution in [3.63, 3.8) is 0 Å². The number of ether oxygens (including phenoxy) is 2. The Morgan fingerprint density at radius 2 is 1.93 bits per heavy atom. The number of fused-ring (bicyclic) bond motifs is 1. The molecule has 2 aromatic heterocycles. The lowest BCUT2D eigenvalue weighted by molar-refractivity contribution is -0.119. The molecule has 2 heterocycles. The van der Waals surface area contributed by atoms with Crippen LogP contribution >= 0.6 is 11.3 Å². The molecule has 0 aromatic carbocycles. The van der Waals surface area contributed by atoms with Crippen molar-refractivity contribution in [2.75, 3.05) is 18.5 Å². The van der Waals surface area contributed by atoms with Gasteiger partial charge in [0.1, 0.15) is 16.3 Å². The highest BCUT2D eigenvalue weighted by Gasteiger charge is 2.29. The van der Waals surface area contributed by atoms with Crippen LogP contribution in [0.25, 0.3) is 0 Å². The summed E-state index contributed by atoms with van der Waals surface area (Å²) in [6, 6.07) is 0. The standard InChI is InChI=1S/C20H24N2O6S/c1-5-26-20(25)17-13-7-6-10(2)8-14(13)29-18(17)21-15(23)9-27-19(24)16-11(3)22-28-12(16)4/h10H,5-9H2,1-4H3,(H,21,23)/t10-/m0/s1. The second-order valence-electron chi connectivity index (χ2n) is 7.10. The molecule has 0 saturated heterocycles. The first-order valence-electron chi connectivity index (χ1n) is 9.53. The molecule has 9 heteroatoms. The molecule has 1 aliphatic rings. The predicted octanol–water partition coefficient (Wildman–Crippen LogP) is 3.45. The third-order valence-electron chi connectivity index (χ3n) is 4.82. The van der Waals surface area contributed by atoms with Gasteiger partial charge in [-0.25, -0.2) is 9.59 Å². The molecule has 2 aromatic rings. The zero-order chi connectivity index (χ0) is 21.1. The van der Waals surface area contributed by atoms with Gasteiger partial charge in [-0.05, 0) is 51.5 Å². The summed E-state index contributed by atoms with van der Waals surface area (Å²) in [5, 5.41) is 6.86. The Balaban J connectivity index is 1.73. The fourth-order valence-corrected chi connectivity index (χ4v) is 4.81. The van der Waals surface area contributed by atoms with Gasteiger partial charge in [-0.2, -0.15) is 0 Å². The first-order chi connectivity index (χ1) is 13.8. The van der Waals surface area contributed by atoms with Crippen LogP contribution < -0.4 is 5.32 Å². The number of aromatic nitrogens is 1. The summed E-state index contributed by atoms with van der Waals surface area (Å²) in [5.74, 6) is -0.792. The van der Waals surface area contributed by atoms with Gasteiger partial charge in [0.05, 0.1) is 17.9 Å². The van der Waals surface area contributed by atoms with Crippen molar-refractivity contribution >= 4 is 34.2 Å². The van der Waals surface area contributed by atoms with Gasteiger partial charge in [-0.3, -0.25) is 4.79 Å². The van der Waals surface area contributed by atoms with E-state index in [0.29, 0.717) is 27.9 Å². The number of hydrogen-bond donors (Lipinski definition) is 1. The molecule has 1 amide bonds. The number of thiophene rings is 1. The van der Waals surface area contributed by atoms with Crippen molar-refractivity contribution in [2.24, 2.45) is 5.92 Å². The SMILES string of the molecule is CCOC(=O)c1c(NC(=O)COC(=O)c2c(C)noc2C)sc2c1CC[C@H](C)C2. The summed E-state index contributed by atoms with van der Waals surface area (Å²) in [5.41, 5.74) is 1.99. The van der Waals surface area contributed by atoms with Crippen molar-refractivity contribution in [2.45, 2.75) is 47.0 Å². The molecule has 1 N–H and O–H groups in total. The molecule has 0 unspecified atom stereocenters. The average molecular weight is 420 g/mol. The van der Waals surface area contributed by atoms with E-state index < -0.39 is 24.5 Å². The Labute approximate surface area is 172 Å². The fraction of sp³-hybridized carbons (Fsp3) is 0.500. The van der Waals surface area contributed by atoms with Crippen molar-refractivity contribution in [3.8, 4) is 0 Å². The highest BCUT2D eigenvalue weighted by atomic mass is 32.1. The van der Waals surface area contributed by atoms with E-state index in [1.807, 2.05) is 0 Å². The minimum atomic E-state index is -0.679. The highest BCUT2D eigenvalue weighted by Crippen LogP contribution is 2.40. The molecule has 1 atom stereocenters. The Morgan fingerprint density at radius 1 is 1.21 bits per heavy atom. The van der Waals surface area contributed by atoms with Crippen LogP contribution in [-0.4, -0.2) is 36.2 Å². The van der Waals surface area contributed by atoms with E-state index in [0.717, 1.165) is 29.7 Å². The minimum Gasteiger partial charge on any atom is -0.462 e. The summed E-state index contributed by atoms with van der Waals surface area (Å²) < 4.78 is 15.2. The minimum absolute atomic E-state index is 0.214. The maximum Gasteiger partial charge on any atom is 0.344 e. The van der Waals surface area contributed by atoms with Crippen molar-refractivity contribution in [1.29, 1.82) is 0 Å². The molecular formula is C20H24N2O6S. The number of anilines is 1. The molecule has 8 nitrogen and oxygen atoms in total. The number of carbonyl (C=O) groups excluding carboxylic acids is 3. The Morgan fingerprint density at radius 3 is 2.59 bits per heavy atom. The third kappa shape index (κ3) is 4.50. The monoisotopic (exact) mass is 420 g/mol. The van der Waals surface area contributed by atoms with E-state index in [9.17, 15) is 14.4 Å². The van der Waals surface area contributed by atoms with Crippen LogP contribution in [0.2, 0.25) is 0 Å². The highest BCUT2D eigenvalue weighted by molar-refractivity contribution is 7.17. The van der Waals surface area contributed by atoms with Crippen molar-refractivity contribution in [1.82, 2.24) is 5.16 Å². The first-order valence-corrected chi connectivity index (χ1v) is 10.3. The summed E-state index contributed by atoms with van der Waals surface area (Å²) in [7, 11) is 0. The van der Waals surface area contributed by atoms with Crippen LogP contribution in [0.3, 0.4) is 0 Å². The zero-order valence-electron chi connectivity index (χ0n) is 16.9. The van der Waals surface area contributed by atoms with E-state index in [1.54, 1.807) is 20.8 Å². The van der Waals surface area contributed by atoms with E-state index in [2.05, 4.69) is 17.4 Å². The van der Waals surface area contributed by atoms with Crippen molar-refractivity contribution < 1.29 is 28.4 Å². The maximum atomic E-state index is 12.5. The molecule has 0 bridgehead atoms. The topological polar surface area (TPSA) is 108 Å². The molecule has 156 valence electrons. The average Bonchev–Trinajstić information content (AvgIpc) is 3.18. The van der Waals surface area contributed by atoms with Gasteiger partial charge in [0.15, 0.2) is 6.61 Å². The largest absolute Gasteiger partial charge is 0.462 e. The number of aryl methyl sites for hydroxylation is 2. The van der Waals surface area contributed by atoms with E-state index in [1.165, 1.54) is 11.3 Å². The maximum absolute atomic E-state index is 12.5. The van der Waals surface area contributed by atoms with Crippen LogP contribution in [0, 0.1) is 19.8 Å². The molecule has 0 spiro atoms. The second kappa shape index (κ2) is 8.77. The van der Waals surface area contributed by atoms with Crippen LogP contribution in [-0.2, 0) is 27.1 Å². The van der Waals surface area contributed by atoms with Crippen LogP contribution in [0.15, 0.2) is 4.52 Å². The summed E-state index contributed by atoms with van der Waals surface area (Å²) in [6.45, 7) is 6.89. The van der Waals surface area contributed by atoms with Gasteiger partial charge in [0.2, 0.25) is 0 Å². The molecule has 1 aliphatic carbocycles. The zero-order valence-corrected chi connectivity index (χ0v) is 17.7. The molecule has 0 saturated carbocycles. The predicted molar refractivity (Wildman–Crippen MR) is 106 cm³/mol. The lowest BCUT2D eigenvalue weighted by Gasteiger charge is -2.18. The Kier molecular flexibility index (Phi) is 6.36. The number of hydrogen-bond acceptors (Lipinski definition) is 8. The fourth-order valence-electron chi connectivity index (χ4n) is 3.40. The number of carbonyl (C=O) groups is 3. The normalized spacial score (nSPS) is 15.5. The van der Waals surface area contributed by atoms with Gasteiger partial charge >= 0.3 is 11.9 Å². The molecular weight excluding hydrogens is 396 g/mol. The number of nitrogens with zero attached hydrogens (tertiary/aromatic N) is 1. The van der Waals surface area contributed by atoms with Gasteiger partial charge in [-0.15, -0.1) is 11.3 Å². The van der Waals surface area contributed by atoms with E-state index >= 15 is 0 Å². The van der Waals surface area contributed by atoms with Crippen molar-refractivity contribution in [3.05, 3.63) is 33.0 Å². The lowest BCUT2D eigenvalue weighted by atomic mass is 9.88. The summed E-state index contributed by atoms with van der Waals surface area (Å²) in [4.78, 5) is 38.2. The smallest absolute Gasteiger partial charge is 0.344 e. The quantitative estimate of drug-likeness (QED) is 0.713. The molecule has 0 fully saturated rings.